The first-order chi connectivity index (χ1) is 13.5. The second-order valence-electron chi connectivity index (χ2n) is 7.01. The van der Waals surface area contributed by atoms with Gasteiger partial charge in [-0.3, -0.25) is 4.79 Å². The Morgan fingerprint density at radius 2 is 1.86 bits per heavy atom. The molecule has 1 aliphatic rings. The number of nitrogens with zero attached hydrogens (tertiary/aromatic N) is 1. The molecule has 1 N–H and O–H groups in total. The van der Waals surface area contributed by atoms with E-state index in [9.17, 15) is 13.2 Å². The molecule has 1 aliphatic carbocycles. The maximum Gasteiger partial charge on any atom is 0.237 e. The highest BCUT2D eigenvalue weighted by molar-refractivity contribution is 7.92. The molecule has 150 valence electrons. The second kappa shape index (κ2) is 9.71. The largest absolute Gasteiger partial charge is 0.468 e. The van der Waals surface area contributed by atoms with Crippen LogP contribution in [0.5, 0.6) is 0 Å². The van der Waals surface area contributed by atoms with E-state index in [1.807, 2.05) is 30.3 Å². The number of rotatable bonds is 8. The Kier molecular flexibility index (Phi) is 7.06. The standard InChI is InChI=1S/C21H26N2O4S/c24-21(22-19-10-5-2-6-11-19)17-23(16-20-12-7-14-27-20)28(25,26)15-13-18-8-3-1-4-9-18/h1,3-4,7-9,12-15,19H,2,5-6,10-11,16-17H2,(H,22,24)/b15-13+. The quantitative estimate of drug-likeness (QED) is 0.733. The number of furan rings is 1. The Bertz CT molecular complexity index is 870. The van der Waals surface area contributed by atoms with Gasteiger partial charge in [-0.2, -0.15) is 4.31 Å². The lowest BCUT2D eigenvalue weighted by Gasteiger charge is -2.25. The zero-order valence-electron chi connectivity index (χ0n) is 15.8. The van der Waals surface area contributed by atoms with Gasteiger partial charge in [0.15, 0.2) is 0 Å². The molecule has 1 amide bonds. The van der Waals surface area contributed by atoms with Gasteiger partial charge < -0.3 is 9.73 Å². The number of carbonyl (C=O) groups excluding carboxylic acids is 1. The number of nitrogens with one attached hydrogen (secondary N) is 1. The molecule has 1 aromatic heterocycles. The zero-order chi connectivity index (χ0) is 19.8. The van der Waals surface area contributed by atoms with Gasteiger partial charge in [-0.05, 0) is 36.6 Å². The lowest BCUT2D eigenvalue weighted by Crippen LogP contribution is -2.44. The summed E-state index contributed by atoms with van der Waals surface area (Å²) in [5, 5.41) is 4.11. The van der Waals surface area contributed by atoms with Crippen molar-refractivity contribution in [2.45, 2.75) is 44.7 Å². The maximum absolute atomic E-state index is 12.9. The molecule has 6 nitrogen and oxygen atoms in total. The number of sulfonamides is 1. The van der Waals surface area contributed by atoms with Gasteiger partial charge in [0.05, 0.1) is 19.4 Å². The van der Waals surface area contributed by atoms with Crippen LogP contribution in [0, 0.1) is 0 Å². The highest BCUT2D eigenvalue weighted by Gasteiger charge is 2.25. The van der Waals surface area contributed by atoms with E-state index in [1.54, 1.807) is 12.1 Å². The molecule has 1 aromatic carbocycles. The molecule has 1 heterocycles. The Hall–Kier alpha value is -2.38. The number of hydrogen-bond acceptors (Lipinski definition) is 4. The monoisotopic (exact) mass is 402 g/mol. The molecular weight excluding hydrogens is 376 g/mol. The first-order valence-corrected chi connectivity index (χ1v) is 11.1. The van der Waals surface area contributed by atoms with Crippen LogP contribution in [0.1, 0.15) is 43.4 Å². The molecule has 2 aromatic rings. The van der Waals surface area contributed by atoms with Crippen LogP contribution in [-0.2, 0) is 21.4 Å². The van der Waals surface area contributed by atoms with Gasteiger partial charge in [0, 0.05) is 11.4 Å². The number of carbonyl (C=O) groups is 1. The predicted molar refractivity (Wildman–Crippen MR) is 109 cm³/mol. The van der Waals surface area contributed by atoms with Gasteiger partial charge in [0.2, 0.25) is 15.9 Å². The molecule has 0 spiro atoms. The van der Waals surface area contributed by atoms with Crippen molar-refractivity contribution >= 4 is 22.0 Å². The molecule has 0 atom stereocenters. The minimum Gasteiger partial charge on any atom is -0.468 e. The molecule has 7 heteroatoms. The zero-order valence-corrected chi connectivity index (χ0v) is 16.6. The molecule has 1 fully saturated rings. The van der Waals surface area contributed by atoms with E-state index in [0.717, 1.165) is 41.0 Å². The summed E-state index contributed by atoms with van der Waals surface area (Å²) in [7, 11) is -3.80. The Morgan fingerprint density at radius 1 is 1.11 bits per heavy atom. The molecule has 0 bridgehead atoms. The number of amides is 1. The van der Waals surface area contributed by atoms with Crippen molar-refractivity contribution in [3.05, 3.63) is 65.5 Å². The second-order valence-corrected chi connectivity index (χ2v) is 8.83. The third kappa shape index (κ3) is 6.07. The van der Waals surface area contributed by atoms with Gasteiger partial charge >= 0.3 is 0 Å². The van der Waals surface area contributed by atoms with Crippen LogP contribution in [0.4, 0.5) is 0 Å². The highest BCUT2D eigenvalue weighted by atomic mass is 32.2. The summed E-state index contributed by atoms with van der Waals surface area (Å²) >= 11 is 0. The van der Waals surface area contributed by atoms with Crippen molar-refractivity contribution in [1.82, 2.24) is 9.62 Å². The summed E-state index contributed by atoms with van der Waals surface area (Å²) in [6, 6.07) is 12.7. The third-order valence-electron chi connectivity index (χ3n) is 4.79. The van der Waals surface area contributed by atoms with Gasteiger partial charge in [-0.15, -0.1) is 0 Å². The van der Waals surface area contributed by atoms with Crippen molar-refractivity contribution < 1.29 is 17.6 Å². The van der Waals surface area contributed by atoms with Crippen LogP contribution in [0.2, 0.25) is 0 Å². The van der Waals surface area contributed by atoms with Gasteiger partial charge in [-0.25, -0.2) is 8.42 Å². The smallest absolute Gasteiger partial charge is 0.237 e. The van der Waals surface area contributed by atoms with Crippen LogP contribution in [0.3, 0.4) is 0 Å². The molecule has 1 saturated carbocycles. The van der Waals surface area contributed by atoms with Gasteiger partial charge in [0.1, 0.15) is 5.76 Å². The van der Waals surface area contributed by atoms with E-state index in [2.05, 4.69) is 5.32 Å². The van der Waals surface area contributed by atoms with Crippen LogP contribution in [0.15, 0.2) is 58.6 Å². The molecule has 3 rings (SSSR count). The molecule has 0 saturated heterocycles. The molecule has 0 aliphatic heterocycles. The number of hydrogen-bond donors (Lipinski definition) is 1. The Morgan fingerprint density at radius 3 is 2.54 bits per heavy atom. The third-order valence-corrected chi connectivity index (χ3v) is 6.25. The highest BCUT2D eigenvalue weighted by Crippen LogP contribution is 2.18. The summed E-state index contributed by atoms with van der Waals surface area (Å²) in [5.74, 6) is 0.206. The SMILES string of the molecule is O=C(CN(Cc1ccco1)S(=O)(=O)/C=C/c1ccccc1)NC1CCCCC1. The van der Waals surface area contributed by atoms with E-state index in [-0.39, 0.29) is 25.0 Å². The topological polar surface area (TPSA) is 79.6 Å². The van der Waals surface area contributed by atoms with Crippen molar-refractivity contribution in [2.75, 3.05) is 6.54 Å². The number of benzene rings is 1. The Labute approximate surface area is 166 Å². The normalized spacial score (nSPS) is 15.9. The van der Waals surface area contributed by atoms with E-state index in [4.69, 9.17) is 4.42 Å². The van der Waals surface area contributed by atoms with Gasteiger partial charge in [0.25, 0.3) is 0 Å². The van der Waals surface area contributed by atoms with Crippen molar-refractivity contribution in [1.29, 1.82) is 0 Å². The van der Waals surface area contributed by atoms with E-state index >= 15 is 0 Å². The molecule has 28 heavy (non-hydrogen) atoms. The Balaban J connectivity index is 1.71. The lowest BCUT2D eigenvalue weighted by molar-refractivity contribution is -0.122. The summed E-state index contributed by atoms with van der Waals surface area (Å²) < 4.78 is 32.2. The summed E-state index contributed by atoms with van der Waals surface area (Å²) in [5.41, 5.74) is 0.774. The molecule has 0 unspecified atom stereocenters. The minimum atomic E-state index is -3.80. The van der Waals surface area contributed by atoms with E-state index in [1.165, 1.54) is 18.8 Å². The lowest BCUT2D eigenvalue weighted by atomic mass is 9.95. The van der Waals surface area contributed by atoms with Crippen LogP contribution < -0.4 is 5.32 Å². The van der Waals surface area contributed by atoms with Crippen LogP contribution >= 0.6 is 0 Å². The first kappa shape index (κ1) is 20.4. The van der Waals surface area contributed by atoms with Gasteiger partial charge in [-0.1, -0.05) is 49.6 Å². The van der Waals surface area contributed by atoms with E-state index < -0.39 is 10.0 Å². The fourth-order valence-electron chi connectivity index (χ4n) is 3.31. The average Bonchev–Trinajstić information content (AvgIpc) is 3.21. The van der Waals surface area contributed by atoms with E-state index in [0.29, 0.717) is 5.76 Å². The van der Waals surface area contributed by atoms with Crippen LogP contribution in [0.25, 0.3) is 6.08 Å². The van der Waals surface area contributed by atoms with Crippen molar-refractivity contribution in [3.63, 3.8) is 0 Å². The first-order valence-electron chi connectivity index (χ1n) is 9.58. The average molecular weight is 403 g/mol. The molecular formula is C21H26N2O4S. The maximum atomic E-state index is 12.9. The predicted octanol–water partition coefficient (Wildman–Crippen LogP) is 3.53. The fraction of sp³-hybridized carbons (Fsp3) is 0.381. The fourth-order valence-corrected chi connectivity index (χ4v) is 4.41. The van der Waals surface area contributed by atoms with Crippen molar-refractivity contribution in [2.24, 2.45) is 0 Å². The summed E-state index contributed by atoms with van der Waals surface area (Å²) in [4.78, 5) is 12.5. The summed E-state index contributed by atoms with van der Waals surface area (Å²) in [6.45, 7) is -0.231. The van der Waals surface area contributed by atoms with Crippen LogP contribution in [-0.4, -0.2) is 31.2 Å². The molecule has 0 radical (unpaired) electrons. The minimum absolute atomic E-state index is 0.00650. The summed E-state index contributed by atoms with van der Waals surface area (Å²) in [6.07, 6.45) is 8.30. The van der Waals surface area contributed by atoms with Crippen molar-refractivity contribution in [3.8, 4) is 0 Å².